The van der Waals surface area contributed by atoms with E-state index < -0.39 is 0 Å². The maximum Gasteiger partial charge on any atom is 0.276 e. The van der Waals surface area contributed by atoms with Crippen molar-refractivity contribution in [1.29, 1.82) is 0 Å². The number of nitrogens with zero attached hydrogens (tertiary/aromatic N) is 2. The molecule has 1 N–H and O–H groups in total. The molecule has 0 fully saturated rings. The first-order valence-corrected chi connectivity index (χ1v) is 7.36. The number of anilines is 1. The lowest BCUT2D eigenvalue weighted by molar-refractivity contribution is 0.102. The Morgan fingerprint density at radius 2 is 2.00 bits per heavy atom. The van der Waals surface area contributed by atoms with E-state index in [1.807, 2.05) is 0 Å². The summed E-state index contributed by atoms with van der Waals surface area (Å²) in [7, 11) is 0. The van der Waals surface area contributed by atoms with Gasteiger partial charge in [0.25, 0.3) is 5.91 Å². The van der Waals surface area contributed by atoms with E-state index in [0.29, 0.717) is 10.8 Å². The Morgan fingerprint density at radius 1 is 1.26 bits per heavy atom. The Bertz CT molecular complexity index is 587. The second-order valence-electron chi connectivity index (χ2n) is 5.10. The van der Waals surface area contributed by atoms with Crippen LogP contribution >= 0.6 is 27.3 Å². The summed E-state index contributed by atoms with van der Waals surface area (Å²) in [6, 6.07) is 3.45. The summed E-state index contributed by atoms with van der Waals surface area (Å²) in [6.45, 7) is 6.34. The van der Waals surface area contributed by atoms with Gasteiger partial charge in [0.1, 0.15) is 5.69 Å². The minimum Gasteiger partial charge on any atom is -0.296 e. The minimum atomic E-state index is -0.248. The lowest BCUT2D eigenvalue weighted by Gasteiger charge is -2.14. The number of thiazole rings is 1. The maximum absolute atomic E-state index is 12.0. The van der Waals surface area contributed by atoms with E-state index in [1.165, 1.54) is 11.3 Å². The molecule has 0 unspecified atom stereocenters. The number of rotatable bonds is 2. The normalized spacial score (nSPS) is 11.4. The summed E-state index contributed by atoms with van der Waals surface area (Å²) < 4.78 is 0.841. The third-order valence-corrected chi connectivity index (χ3v) is 4.23. The first-order valence-electron chi connectivity index (χ1n) is 5.75. The molecule has 0 atom stereocenters. The molecule has 2 aromatic rings. The van der Waals surface area contributed by atoms with Gasteiger partial charge in [0.15, 0.2) is 5.13 Å². The van der Waals surface area contributed by atoms with Crippen molar-refractivity contribution >= 4 is 38.3 Å². The summed E-state index contributed by atoms with van der Waals surface area (Å²) in [6.07, 6.45) is 3.40. The molecule has 0 aliphatic rings. The van der Waals surface area contributed by atoms with Crippen LogP contribution in [-0.4, -0.2) is 15.9 Å². The van der Waals surface area contributed by atoms with E-state index in [9.17, 15) is 4.79 Å². The van der Waals surface area contributed by atoms with E-state index in [2.05, 4.69) is 52.0 Å². The first kappa shape index (κ1) is 14.1. The van der Waals surface area contributed by atoms with Crippen molar-refractivity contribution in [3.05, 3.63) is 39.6 Å². The zero-order chi connectivity index (χ0) is 14.0. The van der Waals surface area contributed by atoms with Gasteiger partial charge in [-0.1, -0.05) is 20.8 Å². The van der Waals surface area contributed by atoms with Crippen LogP contribution in [0.25, 0.3) is 0 Å². The van der Waals surface area contributed by atoms with Gasteiger partial charge < -0.3 is 0 Å². The number of aromatic nitrogens is 2. The molecule has 2 rings (SSSR count). The van der Waals surface area contributed by atoms with Gasteiger partial charge in [-0.15, -0.1) is 11.3 Å². The number of hydrogen-bond donors (Lipinski definition) is 1. The molecule has 4 nitrogen and oxygen atoms in total. The van der Waals surface area contributed by atoms with Crippen LogP contribution in [0.3, 0.4) is 0 Å². The molecular formula is C13H14BrN3OS. The van der Waals surface area contributed by atoms with Crippen molar-refractivity contribution < 1.29 is 4.79 Å². The van der Waals surface area contributed by atoms with Crippen LogP contribution in [-0.2, 0) is 5.41 Å². The van der Waals surface area contributed by atoms with Gasteiger partial charge in [0.2, 0.25) is 0 Å². The van der Waals surface area contributed by atoms with Crippen molar-refractivity contribution in [2.45, 2.75) is 26.2 Å². The van der Waals surface area contributed by atoms with Crippen LogP contribution < -0.4 is 5.32 Å². The van der Waals surface area contributed by atoms with Crippen molar-refractivity contribution in [3.8, 4) is 0 Å². The summed E-state index contributed by atoms with van der Waals surface area (Å²) in [5.74, 6) is -0.248. The van der Waals surface area contributed by atoms with Crippen molar-refractivity contribution in [3.63, 3.8) is 0 Å². The smallest absolute Gasteiger partial charge is 0.276 e. The molecule has 2 aromatic heterocycles. The molecule has 0 aromatic carbocycles. The van der Waals surface area contributed by atoms with Gasteiger partial charge in [-0.05, 0) is 33.5 Å². The van der Waals surface area contributed by atoms with Crippen LogP contribution in [0.4, 0.5) is 5.13 Å². The van der Waals surface area contributed by atoms with Gasteiger partial charge in [0.05, 0.1) is 0 Å². The van der Waals surface area contributed by atoms with Crippen LogP contribution in [0, 0.1) is 0 Å². The van der Waals surface area contributed by atoms with Crippen LogP contribution in [0.5, 0.6) is 0 Å². The van der Waals surface area contributed by atoms with E-state index in [1.54, 1.807) is 24.5 Å². The number of carbonyl (C=O) groups excluding carboxylic acids is 1. The van der Waals surface area contributed by atoms with E-state index >= 15 is 0 Å². The fourth-order valence-corrected chi connectivity index (χ4v) is 2.45. The Morgan fingerprint density at radius 3 is 2.53 bits per heavy atom. The molecular weight excluding hydrogens is 326 g/mol. The third-order valence-electron chi connectivity index (χ3n) is 2.43. The molecule has 0 spiro atoms. The molecule has 0 aliphatic carbocycles. The molecule has 1 amide bonds. The Balaban J connectivity index is 2.11. The van der Waals surface area contributed by atoms with Gasteiger partial charge in [0, 0.05) is 21.7 Å². The number of pyridine rings is 1. The SMILES string of the molecule is CC(C)(C)c1cnc(NC(=O)c2ccc(Br)cn2)s1. The molecule has 6 heteroatoms. The predicted molar refractivity (Wildman–Crippen MR) is 80.7 cm³/mol. The molecule has 0 radical (unpaired) electrons. The quantitative estimate of drug-likeness (QED) is 0.903. The standard InChI is InChI=1S/C13H14BrN3OS/c1-13(2,3)10-7-16-12(19-10)17-11(18)9-5-4-8(14)6-15-9/h4-7H,1-3H3,(H,16,17,18). The molecule has 100 valence electrons. The van der Waals surface area contributed by atoms with E-state index in [0.717, 1.165) is 9.35 Å². The molecule has 2 heterocycles. The average molecular weight is 340 g/mol. The number of halogens is 1. The number of nitrogens with one attached hydrogen (secondary N) is 1. The Hall–Kier alpha value is -1.27. The molecule has 0 aliphatic heterocycles. The summed E-state index contributed by atoms with van der Waals surface area (Å²) in [4.78, 5) is 21.4. The summed E-state index contributed by atoms with van der Waals surface area (Å²) >= 11 is 4.77. The van der Waals surface area contributed by atoms with Gasteiger partial charge in [-0.25, -0.2) is 9.97 Å². The largest absolute Gasteiger partial charge is 0.296 e. The highest BCUT2D eigenvalue weighted by Crippen LogP contribution is 2.30. The lowest BCUT2D eigenvalue weighted by atomic mass is 9.96. The van der Waals surface area contributed by atoms with Crippen molar-refractivity contribution in [2.75, 3.05) is 5.32 Å². The van der Waals surface area contributed by atoms with Crippen molar-refractivity contribution in [2.24, 2.45) is 0 Å². The number of hydrogen-bond acceptors (Lipinski definition) is 4. The zero-order valence-electron chi connectivity index (χ0n) is 10.9. The zero-order valence-corrected chi connectivity index (χ0v) is 13.3. The second-order valence-corrected chi connectivity index (χ2v) is 7.04. The van der Waals surface area contributed by atoms with Gasteiger partial charge in [-0.2, -0.15) is 0 Å². The third kappa shape index (κ3) is 3.61. The monoisotopic (exact) mass is 339 g/mol. The fraction of sp³-hybridized carbons (Fsp3) is 0.308. The molecule has 0 saturated carbocycles. The van der Waals surface area contributed by atoms with E-state index in [-0.39, 0.29) is 11.3 Å². The summed E-state index contributed by atoms with van der Waals surface area (Å²) in [5.41, 5.74) is 0.409. The van der Waals surface area contributed by atoms with Crippen molar-refractivity contribution in [1.82, 2.24) is 9.97 Å². The average Bonchev–Trinajstić information content (AvgIpc) is 2.78. The minimum absolute atomic E-state index is 0.0382. The van der Waals surface area contributed by atoms with Crippen LogP contribution in [0.2, 0.25) is 0 Å². The first-order chi connectivity index (χ1) is 8.86. The highest BCUT2D eigenvalue weighted by molar-refractivity contribution is 9.10. The highest BCUT2D eigenvalue weighted by atomic mass is 79.9. The number of amides is 1. The molecule has 0 bridgehead atoms. The van der Waals surface area contributed by atoms with Crippen LogP contribution in [0.1, 0.15) is 36.1 Å². The Labute approximate surface area is 124 Å². The number of carbonyl (C=O) groups is 1. The predicted octanol–water partition coefficient (Wildman–Crippen LogP) is 3.85. The van der Waals surface area contributed by atoms with E-state index in [4.69, 9.17) is 0 Å². The van der Waals surface area contributed by atoms with Crippen LogP contribution in [0.15, 0.2) is 29.0 Å². The highest BCUT2D eigenvalue weighted by Gasteiger charge is 2.18. The van der Waals surface area contributed by atoms with Gasteiger partial charge >= 0.3 is 0 Å². The van der Waals surface area contributed by atoms with Gasteiger partial charge in [-0.3, -0.25) is 10.1 Å². The topological polar surface area (TPSA) is 54.9 Å². The lowest BCUT2D eigenvalue weighted by Crippen LogP contribution is -2.13. The summed E-state index contributed by atoms with van der Waals surface area (Å²) in [5, 5.41) is 3.36. The second kappa shape index (κ2) is 5.38. The fourth-order valence-electron chi connectivity index (χ4n) is 1.35. The Kier molecular flexibility index (Phi) is 4.01. The maximum atomic E-state index is 12.0. The molecule has 19 heavy (non-hydrogen) atoms. The molecule has 0 saturated heterocycles.